The van der Waals surface area contributed by atoms with Gasteiger partial charge in [-0.05, 0) is 84.6 Å². The molecular formula is C56H38N4. The Morgan fingerprint density at radius 1 is 0.483 bits per heavy atom. The van der Waals surface area contributed by atoms with Gasteiger partial charge in [0.25, 0.3) is 0 Å². The lowest BCUT2D eigenvalue weighted by Crippen LogP contribution is -2.45. The van der Waals surface area contributed by atoms with Gasteiger partial charge >= 0.3 is 0 Å². The molecule has 0 radical (unpaired) electrons. The minimum absolute atomic E-state index is 0.234. The molecule has 3 unspecified atom stereocenters. The van der Waals surface area contributed by atoms with Gasteiger partial charge in [0.15, 0.2) is 0 Å². The molecule has 282 valence electrons. The maximum Gasteiger partial charge on any atom is 0.131 e. The van der Waals surface area contributed by atoms with Gasteiger partial charge in [-0.2, -0.15) is 0 Å². The van der Waals surface area contributed by atoms with Gasteiger partial charge in [0.2, 0.25) is 0 Å². The van der Waals surface area contributed by atoms with E-state index in [1.54, 1.807) is 0 Å². The van der Waals surface area contributed by atoms with Crippen LogP contribution in [0.2, 0.25) is 0 Å². The molecule has 0 amide bonds. The van der Waals surface area contributed by atoms with E-state index in [-0.39, 0.29) is 12.3 Å². The number of aliphatic imine (C=N–C) groups is 1. The van der Waals surface area contributed by atoms with Crippen LogP contribution in [0.1, 0.15) is 51.3 Å². The van der Waals surface area contributed by atoms with Crippen LogP contribution in [-0.4, -0.2) is 10.4 Å². The number of aromatic nitrogens is 1. The Balaban J connectivity index is 1.08. The molecule has 4 nitrogen and oxygen atoms in total. The van der Waals surface area contributed by atoms with Crippen LogP contribution in [0, 0.1) is 0 Å². The van der Waals surface area contributed by atoms with Gasteiger partial charge < -0.3 is 9.88 Å². The molecular weight excluding hydrogens is 729 g/mol. The van der Waals surface area contributed by atoms with Crippen LogP contribution >= 0.6 is 0 Å². The Morgan fingerprint density at radius 3 is 2.05 bits per heavy atom. The maximum absolute atomic E-state index is 5.26. The Labute approximate surface area is 348 Å². The number of fused-ring (bicyclic) bond motifs is 13. The van der Waals surface area contributed by atoms with Crippen LogP contribution in [0.15, 0.2) is 211 Å². The molecule has 0 saturated carbocycles. The van der Waals surface area contributed by atoms with Gasteiger partial charge in [-0.15, -0.1) is 0 Å². The SMILES string of the molecule is c1ccc(C2=NC(c3ccccc3)NC(c3ccc4ccccc4c3-c3ccc4c(c3)C3(c5ccccc5-4)c4ccccc4-n4c5ccccc5c5cccc3c54)N2)cc1. The summed E-state index contributed by atoms with van der Waals surface area (Å²) in [6.07, 6.45) is -0.474. The Bertz CT molecular complexity index is 3400. The second kappa shape index (κ2) is 12.7. The predicted octanol–water partition coefficient (Wildman–Crippen LogP) is 12.6. The van der Waals surface area contributed by atoms with Gasteiger partial charge in [-0.3, -0.25) is 5.32 Å². The van der Waals surface area contributed by atoms with Crippen molar-refractivity contribution in [2.24, 2.45) is 4.99 Å². The smallest absolute Gasteiger partial charge is 0.131 e. The van der Waals surface area contributed by atoms with Crippen molar-refractivity contribution in [2.75, 3.05) is 0 Å². The van der Waals surface area contributed by atoms with Crippen LogP contribution in [0.25, 0.3) is 60.5 Å². The average Bonchev–Trinajstić information content (AvgIpc) is 3.82. The molecule has 0 saturated heterocycles. The fourth-order valence-electron chi connectivity index (χ4n) is 10.8. The quantitative estimate of drug-likeness (QED) is 0.187. The summed E-state index contributed by atoms with van der Waals surface area (Å²) in [6.45, 7) is 0. The van der Waals surface area contributed by atoms with Gasteiger partial charge in [-0.1, -0.05) is 188 Å². The zero-order valence-electron chi connectivity index (χ0n) is 32.7. The first-order valence-corrected chi connectivity index (χ1v) is 20.9. The third-order valence-electron chi connectivity index (χ3n) is 13.3. The summed E-state index contributed by atoms with van der Waals surface area (Å²) in [4.78, 5) is 5.26. The van der Waals surface area contributed by atoms with Crippen LogP contribution < -0.4 is 10.6 Å². The van der Waals surface area contributed by atoms with E-state index in [2.05, 4.69) is 221 Å². The maximum atomic E-state index is 5.26. The van der Waals surface area contributed by atoms with E-state index >= 15 is 0 Å². The molecule has 0 bridgehead atoms. The largest absolute Gasteiger partial charge is 0.350 e. The number of nitrogens with one attached hydrogen (secondary N) is 2. The van der Waals surface area contributed by atoms with E-state index in [9.17, 15) is 0 Å². The highest BCUT2D eigenvalue weighted by Gasteiger charge is 2.51. The summed E-state index contributed by atoms with van der Waals surface area (Å²) in [7, 11) is 0. The van der Waals surface area contributed by atoms with Crippen molar-refractivity contribution < 1.29 is 0 Å². The molecule has 4 heteroatoms. The highest BCUT2D eigenvalue weighted by Crippen LogP contribution is 2.61. The minimum atomic E-state index is -0.542. The molecule has 1 spiro atoms. The van der Waals surface area contributed by atoms with E-state index in [0.717, 1.165) is 17.0 Å². The van der Waals surface area contributed by atoms with Crippen molar-refractivity contribution in [1.29, 1.82) is 0 Å². The highest BCUT2D eigenvalue weighted by molar-refractivity contribution is 6.13. The first kappa shape index (κ1) is 33.4. The number of amidine groups is 1. The summed E-state index contributed by atoms with van der Waals surface area (Å²) in [5, 5.41) is 12.8. The summed E-state index contributed by atoms with van der Waals surface area (Å²) in [5.41, 5.74) is 16.8. The Morgan fingerprint density at radius 2 is 1.17 bits per heavy atom. The van der Waals surface area contributed by atoms with E-state index in [1.165, 1.54) is 88.3 Å². The number of hydrogen-bond acceptors (Lipinski definition) is 3. The van der Waals surface area contributed by atoms with Gasteiger partial charge in [-0.25, -0.2) is 4.99 Å². The molecule has 9 aromatic carbocycles. The zero-order chi connectivity index (χ0) is 39.4. The topological polar surface area (TPSA) is 41.4 Å². The molecule has 3 aliphatic rings. The third kappa shape index (κ3) is 4.57. The number of nitrogens with zero attached hydrogens (tertiary/aromatic N) is 2. The van der Waals surface area contributed by atoms with Crippen molar-refractivity contribution in [2.45, 2.75) is 17.7 Å². The average molecular weight is 767 g/mol. The van der Waals surface area contributed by atoms with Crippen LogP contribution in [-0.2, 0) is 5.41 Å². The van der Waals surface area contributed by atoms with Crippen molar-refractivity contribution >= 4 is 38.4 Å². The van der Waals surface area contributed by atoms with Crippen molar-refractivity contribution in [3.8, 4) is 27.9 Å². The molecule has 3 atom stereocenters. The molecule has 13 rings (SSSR count). The first-order chi connectivity index (χ1) is 29.8. The van der Waals surface area contributed by atoms with E-state index in [1.807, 2.05) is 0 Å². The van der Waals surface area contributed by atoms with Crippen molar-refractivity contribution in [3.05, 3.63) is 245 Å². The second-order valence-electron chi connectivity index (χ2n) is 16.3. The molecule has 2 N–H and O–H groups in total. The van der Waals surface area contributed by atoms with Crippen molar-refractivity contribution in [1.82, 2.24) is 15.2 Å². The van der Waals surface area contributed by atoms with E-state index in [4.69, 9.17) is 4.99 Å². The second-order valence-corrected chi connectivity index (χ2v) is 16.3. The molecule has 2 aliphatic heterocycles. The molecule has 1 aliphatic carbocycles. The number of rotatable bonds is 4. The number of benzene rings is 9. The Hall–Kier alpha value is -7.53. The highest BCUT2D eigenvalue weighted by atomic mass is 15.3. The summed E-state index contributed by atoms with van der Waals surface area (Å²) < 4.78 is 2.52. The number of para-hydroxylation sites is 3. The fourth-order valence-corrected chi connectivity index (χ4v) is 10.8. The van der Waals surface area contributed by atoms with E-state index in [0.29, 0.717) is 0 Å². The lowest BCUT2D eigenvalue weighted by atomic mass is 9.65. The third-order valence-corrected chi connectivity index (χ3v) is 13.3. The molecule has 1 aromatic heterocycles. The van der Waals surface area contributed by atoms with E-state index < -0.39 is 5.41 Å². The zero-order valence-corrected chi connectivity index (χ0v) is 32.7. The van der Waals surface area contributed by atoms with Gasteiger partial charge in [0.1, 0.15) is 18.2 Å². The van der Waals surface area contributed by atoms with Gasteiger partial charge in [0, 0.05) is 16.3 Å². The van der Waals surface area contributed by atoms with Crippen LogP contribution in [0.4, 0.5) is 0 Å². The predicted molar refractivity (Wildman–Crippen MR) is 246 cm³/mol. The fraction of sp³-hybridized carbons (Fsp3) is 0.0536. The molecule has 0 fully saturated rings. The molecule has 60 heavy (non-hydrogen) atoms. The molecule has 3 heterocycles. The Kier molecular flexibility index (Phi) is 7.10. The standard InChI is InChI=1S/C56H38N4/c1-3-17-36(18-4-1)53-57-54(37-19-5-2-6-20-37)59-55(58-53)44-33-30-35-16-7-8-21-39(35)51(44)38-31-32-41-40-22-9-11-25-45(40)56(48(41)34-38)46-26-12-14-29-50(46)60-49-28-13-10-23-42(49)43-24-15-27-47(56)52(43)60/h1-34,53,55,58H,(H,57,59). The minimum Gasteiger partial charge on any atom is -0.350 e. The normalized spacial score (nSPS) is 18.6. The summed E-state index contributed by atoms with van der Waals surface area (Å²) >= 11 is 0. The van der Waals surface area contributed by atoms with Crippen molar-refractivity contribution in [3.63, 3.8) is 0 Å². The lowest BCUT2D eigenvalue weighted by Gasteiger charge is -2.39. The van der Waals surface area contributed by atoms with Crippen LogP contribution in [0.5, 0.6) is 0 Å². The molecule has 10 aromatic rings. The summed E-state index contributed by atoms with van der Waals surface area (Å²) in [5.74, 6) is 0.873. The summed E-state index contributed by atoms with van der Waals surface area (Å²) in [6, 6.07) is 75.8. The van der Waals surface area contributed by atoms with Gasteiger partial charge in [0.05, 0.1) is 22.1 Å². The monoisotopic (exact) mass is 766 g/mol. The lowest BCUT2D eigenvalue weighted by molar-refractivity contribution is 0.410. The number of hydrogen-bond donors (Lipinski definition) is 2. The van der Waals surface area contributed by atoms with Crippen LogP contribution in [0.3, 0.4) is 0 Å². The first-order valence-electron chi connectivity index (χ1n) is 20.9.